The van der Waals surface area contributed by atoms with Crippen LogP contribution in [0.3, 0.4) is 0 Å². The van der Waals surface area contributed by atoms with Crippen molar-refractivity contribution in [3.05, 3.63) is 11.1 Å². The minimum Gasteiger partial charge on any atom is -0.326 e. The number of nitrogens with one attached hydrogen (secondary N) is 1. The van der Waals surface area contributed by atoms with Crippen molar-refractivity contribution < 1.29 is 4.90 Å². The minimum absolute atomic E-state index is 0.548. The van der Waals surface area contributed by atoms with Crippen molar-refractivity contribution in [3.8, 4) is 0 Å². The summed E-state index contributed by atoms with van der Waals surface area (Å²) >= 11 is 0. The Morgan fingerprint density at radius 3 is 3.00 bits per heavy atom. The summed E-state index contributed by atoms with van der Waals surface area (Å²) in [6, 6.07) is 0. The molecule has 0 aromatic heterocycles. The molecule has 102 valence electrons. The fourth-order valence-corrected chi connectivity index (χ4v) is 4.88. The average molecular weight is 248 g/mol. The van der Waals surface area contributed by atoms with Gasteiger partial charge >= 0.3 is 0 Å². The van der Waals surface area contributed by atoms with E-state index in [0.717, 1.165) is 5.92 Å². The minimum atomic E-state index is 0.548. The highest BCUT2D eigenvalue weighted by Crippen LogP contribution is 2.40. The van der Waals surface area contributed by atoms with Crippen LogP contribution in [-0.4, -0.2) is 18.6 Å². The van der Waals surface area contributed by atoms with Crippen molar-refractivity contribution in [2.24, 2.45) is 5.92 Å². The monoisotopic (exact) mass is 248 g/mol. The highest BCUT2D eigenvalue weighted by atomic mass is 15.2. The van der Waals surface area contributed by atoms with Crippen LogP contribution in [0.5, 0.6) is 0 Å². The van der Waals surface area contributed by atoms with Crippen LogP contribution in [0.4, 0.5) is 0 Å². The third-order valence-corrected chi connectivity index (χ3v) is 6.06. The third kappa shape index (κ3) is 2.05. The van der Waals surface area contributed by atoms with Crippen molar-refractivity contribution in [1.82, 2.24) is 0 Å². The van der Waals surface area contributed by atoms with E-state index in [0.29, 0.717) is 5.54 Å². The predicted octanol–water partition coefficient (Wildman–Crippen LogP) is 3.11. The summed E-state index contributed by atoms with van der Waals surface area (Å²) in [5, 5.41) is 0. The molecule has 18 heavy (non-hydrogen) atoms. The maximum atomic E-state index is 2.58. The van der Waals surface area contributed by atoms with Crippen LogP contribution in [0.25, 0.3) is 0 Å². The first-order chi connectivity index (χ1) is 8.74. The van der Waals surface area contributed by atoms with Crippen LogP contribution in [0.1, 0.15) is 71.6 Å². The van der Waals surface area contributed by atoms with E-state index in [4.69, 9.17) is 0 Å². The predicted molar refractivity (Wildman–Crippen MR) is 76.8 cm³/mol. The summed E-state index contributed by atoms with van der Waals surface area (Å²) in [7, 11) is 0. The van der Waals surface area contributed by atoms with Gasteiger partial charge in [0.2, 0.25) is 0 Å². The first kappa shape index (κ1) is 12.7. The Kier molecular flexibility index (Phi) is 3.53. The molecule has 0 aromatic carbocycles. The molecule has 0 amide bonds. The van der Waals surface area contributed by atoms with E-state index in [1.807, 2.05) is 16.0 Å². The largest absolute Gasteiger partial charge is 0.326 e. The first-order valence-corrected chi connectivity index (χ1v) is 8.30. The van der Waals surface area contributed by atoms with Crippen LogP contribution in [0.15, 0.2) is 11.1 Å². The summed E-state index contributed by atoms with van der Waals surface area (Å²) in [5.74, 6) is 1.02. The highest BCUT2D eigenvalue weighted by Gasteiger charge is 2.48. The summed E-state index contributed by atoms with van der Waals surface area (Å²) in [5.41, 5.74) is 4.32. The van der Waals surface area contributed by atoms with Crippen molar-refractivity contribution >= 4 is 0 Å². The van der Waals surface area contributed by atoms with E-state index in [1.54, 1.807) is 0 Å². The van der Waals surface area contributed by atoms with Crippen molar-refractivity contribution in [3.63, 3.8) is 0 Å². The van der Waals surface area contributed by atoms with E-state index < -0.39 is 0 Å². The molecule has 3 atom stereocenters. The maximum Gasteiger partial charge on any atom is 0.117 e. The molecule has 0 bridgehead atoms. The molecule has 1 saturated heterocycles. The SMILES string of the molecule is CCCCC1CCC2(C)C3=C(CCC3)CC[NH+]2C1. The number of hydrogen-bond donors (Lipinski definition) is 1. The molecule has 0 spiro atoms. The lowest BCUT2D eigenvalue weighted by Gasteiger charge is -2.48. The Labute approximate surface area is 113 Å². The average Bonchev–Trinajstić information content (AvgIpc) is 2.86. The fraction of sp³-hybridized carbons (Fsp3) is 0.882. The summed E-state index contributed by atoms with van der Waals surface area (Å²) in [6.07, 6.45) is 13.0. The Morgan fingerprint density at radius 1 is 1.28 bits per heavy atom. The normalized spacial score (nSPS) is 39.7. The number of rotatable bonds is 3. The molecule has 3 aliphatic rings. The van der Waals surface area contributed by atoms with Gasteiger partial charge in [0.05, 0.1) is 13.1 Å². The van der Waals surface area contributed by atoms with Gasteiger partial charge in [0.1, 0.15) is 5.54 Å². The molecule has 0 aromatic rings. The van der Waals surface area contributed by atoms with Crippen LogP contribution in [-0.2, 0) is 0 Å². The van der Waals surface area contributed by atoms with Gasteiger partial charge in [-0.25, -0.2) is 0 Å². The standard InChI is InChI=1S/C17H29N/c1-3-4-6-14-9-11-17(2)16-8-5-7-15(16)10-12-18(17)13-14/h14H,3-13H2,1-2H3/p+1. The van der Waals surface area contributed by atoms with Gasteiger partial charge in [-0.1, -0.05) is 25.3 Å². The summed E-state index contributed by atoms with van der Waals surface area (Å²) in [6.45, 7) is 7.81. The van der Waals surface area contributed by atoms with Crippen LogP contribution >= 0.6 is 0 Å². The molecule has 1 fully saturated rings. The maximum absolute atomic E-state index is 2.58. The Balaban J connectivity index is 1.72. The van der Waals surface area contributed by atoms with Gasteiger partial charge < -0.3 is 4.90 Å². The van der Waals surface area contributed by atoms with Crippen LogP contribution in [0, 0.1) is 5.92 Å². The van der Waals surface area contributed by atoms with E-state index >= 15 is 0 Å². The second-order valence-electron chi connectivity index (χ2n) is 7.12. The van der Waals surface area contributed by atoms with Crippen molar-refractivity contribution in [2.45, 2.75) is 77.2 Å². The number of quaternary nitrogens is 1. The van der Waals surface area contributed by atoms with E-state index in [1.165, 1.54) is 70.9 Å². The molecule has 1 heteroatoms. The third-order valence-electron chi connectivity index (χ3n) is 6.06. The van der Waals surface area contributed by atoms with E-state index in [9.17, 15) is 0 Å². The fourth-order valence-electron chi connectivity index (χ4n) is 4.88. The van der Waals surface area contributed by atoms with Gasteiger partial charge in [0.25, 0.3) is 0 Å². The lowest BCUT2D eigenvalue weighted by Crippen LogP contribution is -3.22. The lowest BCUT2D eigenvalue weighted by atomic mass is 9.73. The smallest absolute Gasteiger partial charge is 0.117 e. The molecule has 0 radical (unpaired) electrons. The lowest BCUT2D eigenvalue weighted by molar-refractivity contribution is -0.955. The highest BCUT2D eigenvalue weighted by molar-refractivity contribution is 5.29. The molecule has 0 saturated carbocycles. The molecule has 2 aliphatic heterocycles. The van der Waals surface area contributed by atoms with Gasteiger partial charge in [-0.2, -0.15) is 0 Å². The van der Waals surface area contributed by atoms with E-state index in [-0.39, 0.29) is 0 Å². The quantitative estimate of drug-likeness (QED) is 0.732. The molecular weight excluding hydrogens is 218 g/mol. The van der Waals surface area contributed by atoms with Crippen LogP contribution in [0.2, 0.25) is 0 Å². The summed E-state index contributed by atoms with van der Waals surface area (Å²) < 4.78 is 0. The molecule has 3 rings (SSSR count). The molecule has 3 unspecified atom stereocenters. The Bertz CT molecular complexity index is 344. The second-order valence-corrected chi connectivity index (χ2v) is 7.12. The molecule has 1 aliphatic carbocycles. The van der Waals surface area contributed by atoms with Crippen molar-refractivity contribution in [2.75, 3.05) is 13.1 Å². The first-order valence-electron chi connectivity index (χ1n) is 8.30. The number of fused-ring (bicyclic) bond motifs is 2. The number of hydrogen-bond acceptors (Lipinski definition) is 0. The zero-order chi connectivity index (χ0) is 12.6. The van der Waals surface area contributed by atoms with Gasteiger partial charge in [0, 0.05) is 18.8 Å². The van der Waals surface area contributed by atoms with Gasteiger partial charge in [-0.05, 0) is 44.6 Å². The zero-order valence-corrected chi connectivity index (χ0v) is 12.4. The number of unbranched alkanes of at least 4 members (excludes halogenated alkanes) is 1. The Hall–Kier alpha value is -0.300. The number of piperidine rings is 1. The molecule has 1 nitrogen and oxygen atoms in total. The molecular formula is C17H30N+. The van der Waals surface area contributed by atoms with Crippen molar-refractivity contribution in [1.29, 1.82) is 0 Å². The van der Waals surface area contributed by atoms with Crippen LogP contribution < -0.4 is 4.90 Å². The second kappa shape index (κ2) is 5.00. The van der Waals surface area contributed by atoms with Gasteiger partial charge in [-0.3, -0.25) is 0 Å². The molecule has 2 heterocycles. The topological polar surface area (TPSA) is 4.44 Å². The van der Waals surface area contributed by atoms with E-state index in [2.05, 4.69) is 13.8 Å². The van der Waals surface area contributed by atoms with Gasteiger partial charge in [0.15, 0.2) is 0 Å². The van der Waals surface area contributed by atoms with Gasteiger partial charge in [-0.15, -0.1) is 0 Å². The Morgan fingerprint density at radius 2 is 2.17 bits per heavy atom. The zero-order valence-electron chi connectivity index (χ0n) is 12.4. The summed E-state index contributed by atoms with van der Waals surface area (Å²) in [4.78, 5) is 1.94. The molecule has 1 N–H and O–H groups in total.